The van der Waals surface area contributed by atoms with E-state index < -0.39 is 0 Å². The topological polar surface area (TPSA) is 29.1 Å². The van der Waals surface area contributed by atoms with Crippen LogP contribution in [-0.2, 0) is 10.2 Å². The molecule has 74 valence electrons. The maximum Gasteiger partial charge on any atom is 0.207 e. The Bertz CT molecular complexity index is 303. The Hall–Kier alpha value is -1.31. The Morgan fingerprint density at radius 3 is 2.50 bits per heavy atom. The first kappa shape index (κ1) is 9.25. The Morgan fingerprint density at radius 1 is 1.29 bits per heavy atom. The van der Waals surface area contributed by atoms with Crippen molar-refractivity contribution in [2.24, 2.45) is 0 Å². The van der Waals surface area contributed by atoms with Crippen LogP contribution in [0.2, 0.25) is 0 Å². The maximum absolute atomic E-state index is 10.3. The Balaban J connectivity index is 2.16. The molecule has 14 heavy (non-hydrogen) atoms. The van der Waals surface area contributed by atoms with E-state index in [-0.39, 0.29) is 5.41 Å². The molecule has 0 saturated heterocycles. The second kappa shape index (κ2) is 3.82. The number of nitrogens with one attached hydrogen (secondary N) is 1. The molecule has 0 unspecified atom stereocenters. The first-order valence-corrected chi connectivity index (χ1v) is 5.10. The highest BCUT2D eigenvalue weighted by Crippen LogP contribution is 2.42. The van der Waals surface area contributed by atoms with E-state index in [1.165, 1.54) is 24.8 Å². The lowest BCUT2D eigenvalue weighted by atomic mass is 9.64. The third-order valence-electron chi connectivity index (χ3n) is 3.22. The second-order valence-corrected chi connectivity index (χ2v) is 4.00. The van der Waals surface area contributed by atoms with Crippen molar-refractivity contribution in [1.29, 1.82) is 0 Å². The van der Waals surface area contributed by atoms with E-state index in [0.717, 1.165) is 13.0 Å². The van der Waals surface area contributed by atoms with E-state index in [1.807, 2.05) is 6.07 Å². The summed E-state index contributed by atoms with van der Waals surface area (Å²) in [6.07, 6.45) is 4.45. The second-order valence-electron chi connectivity index (χ2n) is 4.00. The molecule has 0 radical (unpaired) electrons. The van der Waals surface area contributed by atoms with Crippen LogP contribution in [0.1, 0.15) is 24.8 Å². The van der Waals surface area contributed by atoms with Crippen LogP contribution < -0.4 is 5.32 Å². The molecule has 0 atom stereocenters. The summed E-state index contributed by atoms with van der Waals surface area (Å²) in [4.78, 5) is 10.3. The van der Waals surface area contributed by atoms with Crippen molar-refractivity contribution in [1.82, 2.24) is 5.32 Å². The number of carbonyl (C=O) groups excluding carboxylic acids is 1. The maximum atomic E-state index is 10.3. The monoisotopic (exact) mass is 189 g/mol. The number of carbonyl (C=O) groups is 1. The molecule has 2 nitrogen and oxygen atoms in total. The van der Waals surface area contributed by atoms with E-state index in [4.69, 9.17) is 0 Å². The van der Waals surface area contributed by atoms with Crippen molar-refractivity contribution >= 4 is 6.41 Å². The summed E-state index contributed by atoms with van der Waals surface area (Å²) >= 11 is 0. The van der Waals surface area contributed by atoms with Gasteiger partial charge in [-0.3, -0.25) is 4.79 Å². The zero-order valence-electron chi connectivity index (χ0n) is 8.20. The van der Waals surface area contributed by atoms with Crippen molar-refractivity contribution in [3.63, 3.8) is 0 Å². The molecule has 1 saturated carbocycles. The van der Waals surface area contributed by atoms with Crippen molar-refractivity contribution in [3.8, 4) is 0 Å². The Kier molecular flexibility index (Phi) is 2.53. The highest BCUT2D eigenvalue weighted by molar-refractivity contribution is 5.47. The highest BCUT2D eigenvalue weighted by atomic mass is 16.1. The van der Waals surface area contributed by atoms with Gasteiger partial charge in [0.15, 0.2) is 0 Å². The van der Waals surface area contributed by atoms with E-state index in [2.05, 4.69) is 29.6 Å². The summed E-state index contributed by atoms with van der Waals surface area (Å²) in [6, 6.07) is 10.5. The van der Waals surface area contributed by atoms with Gasteiger partial charge >= 0.3 is 0 Å². The number of hydrogen-bond acceptors (Lipinski definition) is 1. The molecule has 1 aliphatic carbocycles. The first-order chi connectivity index (χ1) is 6.87. The smallest absolute Gasteiger partial charge is 0.207 e. The van der Waals surface area contributed by atoms with Crippen molar-refractivity contribution in [3.05, 3.63) is 35.9 Å². The molecule has 1 aromatic rings. The predicted molar refractivity (Wildman–Crippen MR) is 56.0 cm³/mol. The molecule has 1 aromatic carbocycles. The Labute approximate surface area is 84.3 Å². The van der Waals surface area contributed by atoms with Gasteiger partial charge in [0.2, 0.25) is 6.41 Å². The molecule has 0 aliphatic heterocycles. The average molecular weight is 189 g/mol. The van der Waals surface area contributed by atoms with Crippen LogP contribution in [0.5, 0.6) is 0 Å². The van der Waals surface area contributed by atoms with Crippen LogP contribution >= 0.6 is 0 Å². The fraction of sp³-hybridized carbons (Fsp3) is 0.417. The summed E-state index contributed by atoms with van der Waals surface area (Å²) in [7, 11) is 0. The number of benzene rings is 1. The van der Waals surface area contributed by atoms with Crippen LogP contribution in [0.15, 0.2) is 30.3 Å². The standard InChI is InChI=1S/C12H15NO/c14-10-13-9-12(7-4-8-12)11-5-2-1-3-6-11/h1-3,5-6,10H,4,7-9H2,(H,13,14). The minimum absolute atomic E-state index is 0.224. The van der Waals surface area contributed by atoms with Gasteiger partial charge in [0.1, 0.15) is 0 Å². The van der Waals surface area contributed by atoms with Crippen LogP contribution in [0.25, 0.3) is 0 Å². The largest absolute Gasteiger partial charge is 0.358 e. The SMILES string of the molecule is O=CNCC1(c2ccccc2)CCC1. The molecule has 0 spiro atoms. The minimum atomic E-state index is 0.224. The van der Waals surface area contributed by atoms with Crippen LogP contribution in [0, 0.1) is 0 Å². The molecule has 0 bridgehead atoms. The minimum Gasteiger partial charge on any atom is -0.358 e. The molecular weight excluding hydrogens is 174 g/mol. The zero-order chi connectivity index (χ0) is 9.86. The lowest BCUT2D eigenvalue weighted by Gasteiger charge is -2.42. The molecule has 2 heteroatoms. The van der Waals surface area contributed by atoms with Gasteiger partial charge in [-0.2, -0.15) is 0 Å². The van der Waals surface area contributed by atoms with Crippen LogP contribution in [0.3, 0.4) is 0 Å². The molecule has 1 amide bonds. The van der Waals surface area contributed by atoms with Crippen LogP contribution in [-0.4, -0.2) is 13.0 Å². The molecular formula is C12H15NO. The molecule has 0 aromatic heterocycles. The van der Waals surface area contributed by atoms with E-state index in [1.54, 1.807) is 0 Å². The normalized spacial score (nSPS) is 18.3. The first-order valence-electron chi connectivity index (χ1n) is 5.10. The fourth-order valence-electron chi connectivity index (χ4n) is 2.20. The predicted octanol–water partition coefficient (Wildman–Crippen LogP) is 1.85. The van der Waals surface area contributed by atoms with Gasteiger partial charge in [0.05, 0.1) is 0 Å². The van der Waals surface area contributed by atoms with E-state index in [0.29, 0.717) is 0 Å². The van der Waals surface area contributed by atoms with Gasteiger partial charge in [-0.25, -0.2) is 0 Å². The number of hydrogen-bond donors (Lipinski definition) is 1. The van der Waals surface area contributed by atoms with Gasteiger partial charge in [-0.15, -0.1) is 0 Å². The Morgan fingerprint density at radius 2 is 2.00 bits per heavy atom. The summed E-state index contributed by atoms with van der Waals surface area (Å²) in [6.45, 7) is 0.778. The molecule has 0 heterocycles. The van der Waals surface area contributed by atoms with Gasteiger partial charge < -0.3 is 5.32 Å². The zero-order valence-corrected chi connectivity index (χ0v) is 8.20. The van der Waals surface area contributed by atoms with Crippen molar-refractivity contribution < 1.29 is 4.79 Å². The van der Waals surface area contributed by atoms with Gasteiger partial charge in [0.25, 0.3) is 0 Å². The lowest BCUT2D eigenvalue weighted by molar-refractivity contribution is -0.109. The third-order valence-corrected chi connectivity index (χ3v) is 3.22. The van der Waals surface area contributed by atoms with Crippen molar-refractivity contribution in [2.75, 3.05) is 6.54 Å². The van der Waals surface area contributed by atoms with E-state index in [9.17, 15) is 4.79 Å². The summed E-state index contributed by atoms with van der Waals surface area (Å²) in [5.74, 6) is 0. The number of amides is 1. The van der Waals surface area contributed by atoms with Gasteiger partial charge in [0, 0.05) is 12.0 Å². The quantitative estimate of drug-likeness (QED) is 0.720. The fourth-order valence-corrected chi connectivity index (χ4v) is 2.20. The third kappa shape index (κ3) is 1.52. The lowest BCUT2D eigenvalue weighted by Crippen LogP contribution is -2.43. The molecule has 2 rings (SSSR count). The summed E-state index contributed by atoms with van der Waals surface area (Å²) in [5.41, 5.74) is 1.59. The molecule has 1 aliphatic rings. The van der Waals surface area contributed by atoms with Gasteiger partial charge in [-0.05, 0) is 18.4 Å². The van der Waals surface area contributed by atoms with Crippen LogP contribution in [0.4, 0.5) is 0 Å². The van der Waals surface area contributed by atoms with Gasteiger partial charge in [-0.1, -0.05) is 36.8 Å². The number of rotatable bonds is 4. The van der Waals surface area contributed by atoms with E-state index >= 15 is 0 Å². The summed E-state index contributed by atoms with van der Waals surface area (Å²) in [5, 5.41) is 2.81. The highest BCUT2D eigenvalue weighted by Gasteiger charge is 2.37. The molecule has 1 fully saturated rings. The molecule has 1 N–H and O–H groups in total. The average Bonchev–Trinajstić information content (AvgIpc) is 2.18. The summed E-state index contributed by atoms with van der Waals surface area (Å²) < 4.78 is 0. The van der Waals surface area contributed by atoms with Crippen molar-refractivity contribution in [2.45, 2.75) is 24.7 Å².